The first-order valence-corrected chi connectivity index (χ1v) is 13.7. The Morgan fingerprint density at radius 1 is 1.22 bits per heavy atom. The second-order valence-electron chi connectivity index (χ2n) is 4.61. The minimum absolute atomic E-state index is 0.0557. The van der Waals surface area contributed by atoms with Crippen LogP contribution in [0.15, 0.2) is 0 Å². The van der Waals surface area contributed by atoms with Gasteiger partial charge in [-0.3, -0.25) is 0 Å². The molecule has 0 bridgehead atoms. The van der Waals surface area contributed by atoms with Crippen molar-refractivity contribution in [3.8, 4) is 0 Å². The van der Waals surface area contributed by atoms with Crippen LogP contribution in [-0.2, 0) is 17.6 Å². The molecule has 110 valence electrons. The average Bonchev–Trinajstić information content (AvgIpc) is 1.93. The molecule has 0 aliphatic heterocycles. The van der Waals surface area contributed by atoms with E-state index in [2.05, 4.69) is 4.31 Å². The molecule has 0 aromatic heterocycles. The van der Waals surface area contributed by atoms with Gasteiger partial charge in [0.15, 0.2) is 0 Å². The Bertz CT molecular complexity index is 369. The van der Waals surface area contributed by atoms with Crippen LogP contribution in [0.25, 0.3) is 0 Å². The van der Waals surface area contributed by atoms with Crippen molar-refractivity contribution in [1.29, 1.82) is 0 Å². The minimum atomic E-state index is -8.43. The average molecular weight is 346 g/mol. The van der Waals surface area contributed by atoms with E-state index in [1.807, 2.05) is 0 Å². The fraction of sp³-hybridized carbons (Fsp3) is 1.00. The molecule has 0 radical (unpaired) electrons. The van der Waals surface area contributed by atoms with Gasteiger partial charge in [0.05, 0.1) is 0 Å². The van der Waals surface area contributed by atoms with E-state index in [1.165, 1.54) is 26.6 Å². The van der Waals surface area contributed by atoms with Crippen LogP contribution in [0.4, 0.5) is 16.8 Å². The monoisotopic (exact) mass is 346 g/mol. The topological polar surface area (TPSA) is 52.6 Å². The standard InChI is InChI=1S/C6H16F4O4P2Si2/c1-5-17(12)6-15(11,14-18(2,3)4)13-16(7,8,9)10/h5-6H2,1-4H3. The van der Waals surface area contributed by atoms with E-state index < -0.39 is 38.5 Å². The number of halogens is 4. The molecule has 0 aromatic carbocycles. The Kier molecular flexibility index (Phi) is 5.66. The molecule has 0 fully saturated rings. The fourth-order valence-electron chi connectivity index (χ4n) is 1.01. The van der Waals surface area contributed by atoms with Crippen LogP contribution < -0.4 is 0 Å². The quantitative estimate of drug-likeness (QED) is 0.368. The SMILES string of the molecule is CC[Si](=O)CP(=O)(O[Si](C)(C)C)OP(F)(F)(F)F. The Morgan fingerprint density at radius 2 is 1.67 bits per heavy atom. The van der Waals surface area contributed by atoms with Gasteiger partial charge in [-0.1, -0.05) is 0 Å². The molecular formula is C6H16F4O4P2Si2. The summed E-state index contributed by atoms with van der Waals surface area (Å²) in [4.78, 5) is 0. The first-order valence-electron chi connectivity index (χ1n) is 5.05. The third-order valence-electron chi connectivity index (χ3n) is 1.43. The van der Waals surface area contributed by atoms with Gasteiger partial charge in [-0.25, -0.2) is 0 Å². The second kappa shape index (κ2) is 5.50. The van der Waals surface area contributed by atoms with E-state index in [1.54, 1.807) is 0 Å². The summed E-state index contributed by atoms with van der Waals surface area (Å²) < 4.78 is 80.4. The molecule has 4 nitrogen and oxygen atoms in total. The molecule has 18 heavy (non-hydrogen) atoms. The Morgan fingerprint density at radius 3 is 1.94 bits per heavy atom. The van der Waals surface area contributed by atoms with E-state index in [4.69, 9.17) is 4.21 Å². The van der Waals surface area contributed by atoms with E-state index in [0.29, 0.717) is 0 Å². The van der Waals surface area contributed by atoms with Crippen molar-refractivity contribution in [2.75, 3.05) is 5.79 Å². The Labute approximate surface area is 106 Å². The molecule has 1 atom stereocenters. The summed E-state index contributed by atoms with van der Waals surface area (Å²) in [7, 11) is -18.4. The molecule has 1 unspecified atom stereocenters. The van der Waals surface area contributed by atoms with Crippen LogP contribution in [0.1, 0.15) is 6.92 Å². The fourth-order valence-corrected chi connectivity index (χ4v) is 10.5. The molecule has 0 N–H and O–H groups in total. The van der Waals surface area contributed by atoms with Gasteiger partial charge in [0, 0.05) is 0 Å². The third-order valence-corrected chi connectivity index (χ3v) is 10.5. The summed E-state index contributed by atoms with van der Waals surface area (Å²) in [6.45, 7) is 5.91. The van der Waals surface area contributed by atoms with Gasteiger partial charge in [-0.15, -0.1) is 0 Å². The zero-order valence-corrected chi connectivity index (χ0v) is 14.2. The number of hydrogen-bond donors (Lipinski definition) is 0. The van der Waals surface area contributed by atoms with Crippen molar-refractivity contribution >= 4 is 32.7 Å². The van der Waals surface area contributed by atoms with Crippen LogP contribution in [-0.4, -0.2) is 22.8 Å². The predicted octanol–water partition coefficient (Wildman–Crippen LogP) is 5.04. The van der Waals surface area contributed by atoms with Crippen molar-refractivity contribution in [3.63, 3.8) is 0 Å². The van der Waals surface area contributed by atoms with Crippen molar-refractivity contribution in [2.45, 2.75) is 32.6 Å². The summed E-state index contributed by atoms with van der Waals surface area (Å²) in [5.41, 5.74) is 0. The van der Waals surface area contributed by atoms with E-state index in [9.17, 15) is 25.8 Å². The van der Waals surface area contributed by atoms with Gasteiger partial charge in [-0.05, 0) is 0 Å². The summed E-state index contributed by atoms with van der Waals surface area (Å²) in [5, 5.41) is 0. The molecule has 0 rings (SSSR count). The molecule has 0 spiro atoms. The zero-order chi connectivity index (χ0) is 14.9. The molecule has 0 aliphatic carbocycles. The second-order valence-corrected chi connectivity index (χ2v) is 15.8. The third kappa shape index (κ3) is 9.46. The molecular weight excluding hydrogens is 330 g/mol. The van der Waals surface area contributed by atoms with Crippen molar-refractivity contribution < 1.29 is 34.3 Å². The van der Waals surface area contributed by atoms with E-state index in [-0.39, 0.29) is 6.04 Å². The van der Waals surface area contributed by atoms with E-state index >= 15 is 0 Å². The summed E-state index contributed by atoms with van der Waals surface area (Å²) in [6.07, 6.45) is 0. The number of rotatable bonds is 7. The Balaban J connectivity index is 5.18. The zero-order valence-electron chi connectivity index (χ0n) is 10.5. The molecule has 0 heterocycles. The van der Waals surface area contributed by atoms with Crippen molar-refractivity contribution in [1.82, 2.24) is 0 Å². The van der Waals surface area contributed by atoms with Gasteiger partial charge < -0.3 is 0 Å². The molecule has 0 amide bonds. The van der Waals surface area contributed by atoms with Gasteiger partial charge in [0.2, 0.25) is 0 Å². The molecule has 0 saturated heterocycles. The van der Waals surface area contributed by atoms with Crippen LogP contribution >= 0.6 is 15.7 Å². The maximum absolute atomic E-state index is 12.3. The normalized spacial score (nSPS) is 18.8. The molecule has 12 heteroatoms. The molecule has 0 aromatic rings. The summed E-state index contributed by atoms with van der Waals surface area (Å²) >= 11 is 0. The first-order chi connectivity index (χ1) is 7.62. The summed E-state index contributed by atoms with van der Waals surface area (Å²) in [5.74, 6) is -0.877. The van der Waals surface area contributed by atoms with Crippen LogP contribution in [0.5, 0.6) is 0 Å². The maximum atomic E-state index is 12.3. The Hall–Kier alpha value is 0.534. The van der Waals surface area contributed by atoms with E-state index in [0.717, 1.165) is 0 Å². The molecule has 0 saturated carbocycles. The number of hydrogen-bond acceptors (Lipinski definition) is 4. The van der Waals surface area contributed by atoms with Gasteiger partial charge in [0.25, 0.3) is 0 Å². The van der Waals surface area contributed by atoms with Crippen molar-refractivity contribution in [2.24, 2.45) is 0 Å². The molecule has 0 aliphatic rings. The van der Waals surface area contributed by atoms with Gasteiger partial charge in [-0.2, -0.15) is 0 Å². The van der Waals surface area contributed by atoms with Gasteiger partial charge >= 0.3 is 105 Å². The summed E-state index contributed by atoms with van der Waals surface area (Å²) in [6, 6.07) is 0.0557. The van der Waals surface area contributed by atoms with Crippen molar-refractivity contribution in [3.05, 3.63) is 0 Å². The van der Waals surface area contributed by atoms with Crippen LogP contribution in [0, 0.1) is 0 Å². The predicted molar refractivity (Wildman–Crippen MR) is 66.3 cm³/mol. The van der Waals surface area contributed by atoms with Crippen LogP contribution in [0.2, 0.25) is 25.7 Å². The van der Waals surface area contributed by atoms with Crippen LogP contribution in [0.3, 0.4) is 0 Å². The first kappa shape index (κ1) is 18.5. The van der Waals surface area contributed by atoms with Gasteiger partial charge in [0.1, 0.15) is 0 Å².